The standard InChI is InChI=1S/C27H19ClN4O/c1-18-10-11-23(13-25(18)28)31-27(33)21(15-30)12-22-17-32(26-9-5-4-8-24(22)26)16-20-7-3-2-6-19(20)14-29/h2-13,17H,16H2,1H3,(H,31,33)/b21-12+. The van der Waals surface area contributed by atoms with Crippen LogP contribution in [0.5, 0.6) is 0 Å². The zero-order valence-corrected chi connectivity index (χ0v) is 18.6. The molecule has 33 heavy (non-hydrogen) atoms. The van der Waals surface area contributed by atoms with Gasteiger partial charge in [-0.2, -0.15) is 10.5 Å². The minimum absolute atomic E-state index is 0.0213. The molecule has 0 unspecified atom stereocenters. The summed E-state index contributed by atoms with van der Waals surface area (Å²) >= 11 is 6.14. The van der Waals surface area contributed by atoms with Crippen LogP contribution in [0.25, 0.3) is 17.0 Å². The van der Waals surface area contributed by atoms with E-state index in [1.165, 1.54) is 0 Å². The molecule has 0 bridgehead atoms. The molecular weight excluding hydrogens is 432 g/mol. The van der Waals surface area contributed by atoms with Gasteiger partial charge in [0.1, 0.15) is 11.6 Å². The number of para-hydroxylation sites is 1. The molecule has 0 spiro atoms. The molecule has 6 heteroatoms. The lowest BCUT2D eigenvalue weighted by atomic mass is 10.1. The lowest BCUT2D eigenvalue weighted by Crippen LogP contribution is -2.13. The Morgan fingerprint density at radius 1 is 1.09 bits per heavy atom. The summed E-state index contributed by atoms with van der Waals surface area (Å²) in [5.74, 6) is -0.510. The number of halogens is 1. The summed E-state index contributed by atoms with van der Waals surface area (Å²) < 4.78 is 2.02. The molecule has 4 aromatic rings. The van der Waals surface area contributed by atoms with Crippen molar-refractivity contribution in [3.05, 3.63) is 106 Å². The predicted molar refractivity (Wildman–Crippen MR) is 131 cm³/mol. The van der Waals surface area contributed by atoms with Gasteiger partial charge in [-0.1, -0.05) is 54.1 Å². The monoisotopic (exact) mass is 450 g/mol. The lowest BCUT2D eigenvalue weighted by Gasteiger charge is -2.07. The van der Waals surface area contributed by atoms with Crippen molar-refractivity contribution in [2.45, 2.75) is 13.5 Å². The number of nitriles is 2. The van der Waals surface area contributed by atoms with Gasteiger partial charge in [0.25, 0.3) is 5.91 Å². The maximum absolute atomic E-state index is 12.8. The van der Waals surface area contributed by atoms with Crippen molar-refractivity contribution in [1.82, 2.24) is 4.57 Å². The van der Waals surface area contributed by atoms with Crippen LogP contribution in [0, 0.1) is 29.6 Å². The minimum atomic E-state index is -0.510. The van der Waals surface area contributed by atoms with Crippen LogP contribution in [-0.2, 0) is 11.3 Å². The number of aryl methyl sites for hydroxylation is 1. The molecule has 160 valence electrons. The molecule has 0 aliphatic heterocycles. The SMILES string of the molecule is Cc1ccc(NC(=O)/C(C#N)=C/c2cn(Cc3ccccc3C#N)c3ccccc23)cc1Cl. The number of hydrogen-bond donors (Lipinski definition) is 1. The van der Waals surface area contributed by atoms with Crippen molar-refractivity contribution in [2.75, 3.05) is 5.32 Å². The van der Waals surface area contributed by atoms with Gasteiger partial charge >= 0.3 is 0 Å². The number of amides is 1. The molecule has 0 radical (unpaired) electrons. The van der Waals surface area contributed by atoms with Crippen molar-refractivity contribution in [3.63, 3.8) is 0 Å². The van der Waals surface area contributed by atoms with Crippen molar-refractivity contribution in [1.29, 1.82) is 10.5 Å². The van der Waals surface area contributed by atoms with Gasteiger partial charge in [0.2, 0.25) is 0 Å². The van der Waals surface area contributed by atoms with Crippen molar-refractivity contribution in [2.24, 2.45) is 0 Å². The third-order valence-electron chi connectivity index (χ3n) is 5.39. The Kier molecular flexibility index (Phi) is 6.26. The second-order valence-electron chi connectivity index (χ2n) is 7.59. The first kappa shape index (κ1) is 21.9. The molecule has 4 rings (SSSR count). The summed E-state index contributed by atoms with van der Waals surface area (Å²) in [5.41, 5.74) is 4.59. The van der Waals surface area contributed by atoms with Gasteiger partial charge in [0.15, 0.2) is 0 Å². The predicted octanol–water partition coefficient (Wildman–Crippen LogP) is 6.07. The highest BCUT2D eigenvalue weighted by Crippen LogP contribution is 2.26. The minimum Gasteiger partial charge on any atom is -0.342 e. The normalized spacial score (nSPS) is 11.1. The van der Waals surface area contributed by atoms with Gasteiger partial charge in [-0.15, -0.1) is 0 Å². The van der Waals surface area contributed by atoms with Gasteiger partial charge in [-0.25, -0.2) is 0 Å². The Morgan fingerprint density at radius 2 is 1.85 bits per heavy atom. The number of anilines is 1. The lowest BCUT2D eigenvalue weighted by molar-refractivity contribution is -0.112. The molecule has 0 aliphatic rings. The highest BCUT2D eigenvalue weighted by molar-refractivity contribution is 6.31. The van der Waals surface area contributed by atoms with Crippen molar-refractivity contribution in [3.8, 4) is 12.1 Å². The number of rotatable bonds is 5. The number of nitrogens with zero attached hydrogens (tertiary/aromatic N) is 3. The molecule has 0 aliphatic carbocycles. The number of hydrogen-bond acceptors (Lipinski definition) is 3. The fraction of sp³-hybridized carbons (Fsp3) is 0.0741. The number of carbonyl (C=O) groups is 1. The van der Waals surface area contributed by atoms with Crippen molar-refractivity contribution < 1.29 is 4.79 Å². The molecule has 0 atom stereocenters. The van der Waals surface area contributed by atoms with E-state index in [2.05, 4.69) is 11.4 Å². The Morgan fingerprint density at radius 3 is 2.61 bits per heavy atom. The average molecular weight is 451 g/mol. The molecule has 1 heterocycles. The first-order chi connectivity index (χ1) is 16.0. The third kappa shape index (κ3) is 4.65. The van der Waals surface area contributed by atoms with Gasteiger partial charge in [-0.05, 0) is 48.4 Å². The van der Waals surface area contributed by atoms with Crippen LogP contribution in [0.15, 0.2) is 78.5 Å². The number of carbonyl (C=O) groups excluding carboxylic acids is 1. The van der Waals surface area contributed by atoms with Crippen LogP contribution in [0.4, 0.5) is 5.69 Å². The highest BCUT2D eigenvalue weighted by Gasteiger charge is 2.14. The topological polar surface area (TPSA) is 81.6 Å². The maximum atomic E-state index is 12.8. The molecule has 1 N–H and O–H groups in total. The Bertz CT molecular complexity index is 1480. The van der Waals surface area contributed by atoms with Crippen molar-refractivity contribution >= 4 is 40.2 Å². The van der Waals surface area contributed by atoms with Crippen LogP contribution < -0.4 is 5.32 Å². The van der Waals surface area contributed by atoms with Gasteiger partial charge in [0.05, 0.1) is 11.6 Å². The van der Waals surface area contributed by atoms with E-state index in [0.717, 1.165) is 27.6 Å². The zero-order valence-electron chi connectivity index (χ0n) is 17.8. The third-order valence-corrected chi connectivity index (χ3v) is 5.80. The molecule has 0 saturated heterocycles. The number of aromatic nitrogens is 1. The summed E-state index contributed by atoms with van der Waals surface area (Å²) in [6.07, 6.45) is 3.48. The van der Waals surface area contributed by atoms with E-state index in [0.29, 0.717) is 22.8 Å². The molecule has 5 nitrogen and oxygen atoms in total. The number of benzene rings is 3. The van der Waals surface area contributed by atoms with Gasteiger partial charge in [0, 0.05) is 39.9 Å². The summed E-state index contributed by atoms with van der Waals surface area (Å²) in [4.78, 5) is 12.8. The smallest absolute Gasteiger partial charge is 0.266 e. The summed E-state index contributed by atoms with van der Waals surface area (Å²) in [5, 5.41) is 23.3. The van der Waals surface area contributed by atoms with E-state index >= 15 is 0 Å². The number of nitrogens with one attached hydrogen (secondary N) is 1. The molecule has 0 fully saturated rings. The number of fused-ring (bicyclic) bond motifs is 1. The largest absolute Gasteiger partial charge is 0.342 e. The van der Waals surface area contributed by atoms with E-state index < -0.39 is 5.91 Å². The second-order valence-corrected chi connectivity index (χ2v) is 7.99. The van der Waals surface area contributed by atoms with E-state index in [4.69, 9.17) is 11.6 Å². The molecule has 1 aromatic heterocycles. The van der Waals surface area contributed by atoms with Gasteiger partial charge in [-0.3, -0.25) is 4.79 Å². The van der Waals surface area contributed by atoms with Gasteiger partial charge < -0.3 is 9.88 Å². The van der Waals surface area contributed by atoms with E-state index in [1.807, 2.05) is 66.2 Å². The first-order valence-corrected chi connectivity index (χ1v) is 10.6. The van der Waals surface area contributed by atoms with Crippen LogP contribution >= 0.6 is 11.6 Å². The fourth-order valence-corrected chi connectivity index (χ4v) is 3.83. The molecule has 0 saturated carbocycles. The molecule has 3 aromatic carbocycles. The van der Waals surface area contributed by atoms with E-state index in [-0.39, 0.29) is 5.57 Å². The quantitative estimate of drug-likeness (QED) is 0.296. The van der Waals surface area contributed by atoms with Crippen LogP contribution in [0.1, 0.15) is 22.3 Å². The summed E-state index contributed by atoms with van der Waals surface area (Å²) in [6, 6.07) is 24.6. The second kappa shape index (κ2) is 9.44. The van der Waals surface area contributed by atoms with E-state index in [1.54, 1.807) is 30.3 Å². The highest BCUT2D eigenvalue weighted by atomic mass is 35.5. The average Bonchev–Trinajstić information content (AvgIpc) is 3.17. The Balaban J connectivity index is 1.70. The first-order valence-electron chi connectivity index (χ1n) is 10.3. The molecular formula is C27H19ClN4O. The van der Waals surface area contributed by atoms with Crippen LogP contribution in [0.2, 0.25) is 5.02 Å². The van der Waals surface area contributed by atoms with Crippen LogP contribution in [0.3, 0.4) is 0 Å². The molecule has 1 amide bonds. The maximum Gasteiger partial charge on any atom is 0.266 e. The zero-order chi connectivity index (χ0) is 23.4. The summed E-state index contributed by atoms with van der Waals surface area (Å²) in [7, 11) is 0. The van der Waals surface area contributed by atoms with Crippen LogP contribution in [-0.4, -0.2) is 10.5 Å². The Hall–Kier alpha value is -4.32. The summed E-state index contributed by atoms with van der Waals surface area (Å²) in [6.45, 7) is 2.37. The Labute approximate surface area is 196 Å². The van der Waals surface area contributed by atoms with E-state index in [9.17, 15) is 15.3 Å². The fourth-order valence-electron chi connectivity index (χ4n) is 3.64.